The molecule has 0 unspecified atom stereocenters. The number of rotatable bonds is 5. The smallest absolute Gasteiger partial charge is 0.272 e. The van der Waals surface area contributed by atoms with Crippen LogP contribution in [0.25, 0.3) is 11.3 Å². The van der Waals surface area contributed by atoms with Crippen molar-refractivity contribution in [2.24, 2.45) is 0 Å². The first-order valence-electron chi connectivity index (χ1n) is 9.98. The van der Waals surface area contributed by atoms with Gasteiger partial charge in [0.25, 0.3) is 5.91 Å². The van der Waals surface area contributed by atoms with E-state index >= 15 is 0 Å². The zero-order valence-electron chi connectivity index (χ0n) is 17.5. The van der Waals surface area contributed by atoms with Crippen molar-refractivity contribution in [3.8, 4) is 22.8 Å². The molecule has 1 fully saturated rings. The van der Waals surface area contributed by atoms with Crippen molar-refractivity contribution in [3.05, 3.63) is 59.8 Å². The van der Waals surface area contributed by atoms with Gasteiger partial charge in [-0.05, 0) is 36.8 Å². The fourth-order valence-electron chi connectivity index (χ4n) is 3.82. The molecule has 0 saturated carbocycles. The number of nitrogens with one attached hydrogen (secondary N) is 1. The van der Waals surface area contributed by atoms with E-state index in [4.69, 9.17) is 9.47 Å². The zero-order valence-corrected chi connectivity index (χ0v) is 17.5. The molecule has 1 aliphatic heterocycles. The Morgan fingerprint density at radius 2 is 1.77 bits per heavy atom. The minimum Gasteiger partial charge on any atom is -0.497 e. The van der Waals surface area contributed by atoms with Crippen molar-refractivity contribution in [3.63, 3.8) is 0 Å². The van der Waals surface area contributed by atoms with Crippen LogP contribution in [-0.4, -0.2) is 61.4 Å². The summed E-state index contributed by atoms with van der Waals surface area (Å²) in [6.45, 7) is 5.08. The van der Waals surface area contributed by atoms with Gasteiger partial charge in [0.05, 0.1) is 19.9 Å². The van der Waals surface area contributed by atoms with Crippen LogP contribution in [0, 0.1) is 6.92 Å². The number of amides is 1. The minimum absolute atomic E-state index is 0.0364. The summed E-state index contributed by atoms with van der Waals surface area (Å²) in [4.78, 5) is 17.2. The molecule has 7 heteroatoms. The van der Waals surface area contributed by atoms with E-state index in [1.807, 2.05) is 23.1 Å². The highest BCUT2D eigenvalue weighted by Gasteiger charge is 2.24. The van der Waals surface area contributed by atoms with Crippen LogP contribution in [0.3, 0.4) is 0 Å². The Morgan fingerprint density at radius 1 is 1.00 bits per heavy atom. The number of aromatic nitrogens is 2. The number of nitrogens with zero attached hydrogens (tertiary/aromatic N) is 3. The number of benzene rings is 2. The molecule has 30 heavy (non-hydrogen) atoms. The van der Waals surface area contributed by atoms with E-state index in [0.717, 1.165) is 18.7 Å². The lowest BCUT2D eigenvalue weighted by Crippen LogP contribution is -2.49. The summed E-state index contributed by atoms with van der Waals surface area (Å²) < 4.78 is 10.7. The summed E-state index contributed by atoms with van der Waals surface area (Å²) in [5.41, 5.74) is 4.44. The number of ether oxygens (including phenoxy) is 2. The van der Waals surface area contributed by atoms with Gasteiger partial charge in [-0.15, -0.1) is 0 Å². The summed E-state index contributed by atoms with van der Waals surface area (Å²) in [5.74, 6) is 1.31. The van der Waals surface area contributed by atoms with Crippen LogP contribution in [-0.2, 0) is 0 Å². The highest BCUT2D eigenvalue weighted by molar-refractivity contribution is 5.93. The van der Waals surface area contributed by atoms with E-state index in [-0.39, 0.29) is 5.91 Å². The Labute approximate surface area is 176 Å². The molecule has 1 N–H and O–H groups in total. The van der Waals surface area contributed by atoms with E-state index in [1.54, 1.807) is 26.4 Å². The largest absolute Gasteiger partial charge is 0.497 e. The van der Waals surface area contributed by atoms with Crippen LogP contribution in [0.4, 0.5) is 5.69 Å². The average Bonchev–Trinajstić information content (AvgIpc) is 3.28. The van der Waals surface area contributed by atoms with Crippen LogP contribution in [0.5, 0.6) is 11.5 Å². The maximum Gasteiger partial charge on any atom is 0.272 e. The molecule has 4 rings (SSSR count). The lowest BCUT2D eigenvalue weighted by atomic mass is 10.1. The number of para-hydroxylation sites is 1. The Hall–Kier alpha value is -3.48. The molecular weight excluding hydrogens is 380 g/mol. The quantitative estimate of drug-likeness (QED) is 0.704. The molecule has 2 heterocycles. The molecule has 156 valence electrons. The number of methoxy groups -OCH3 is 2. The van der Waals surface area contributed by atoms with Crippen LogP contribution in [0.1, 0.15) is 16.1 Å². The number of aromatic amines is 1. The monoisotopic (exact) mass is 406 g/mol. The van der Waals surface area contributed by atoms with Crippen LogP contribution >= 0.6 is 0 Å². The first kappa shape index (κ1) is 19.8. The molecule has 0 spiro atoms. The van der Waals surface area contributed by atoms with Gasteiger partial charge in [0.1, 0.15) is 17.2 Å². The summed E-state index contributed by atoms with van der Waals surface area (Å²) in [7, 11) is 3.21. The van der Waals surface area contributed by atoms with Gasteiger partial charge >= 0.3 is 0 Å². The molecule has 0 aliphatic carbocycles. The van der Waals surface area contributed by atoms with Crippen LogP contribution in [0.15, 0.2) is 48.5 Å². The molecule has 7 nitrogen and oxygen atoms in total. The van der Waals surface area contributed by atoms with Crippen molar-refractivity contribution < 1.29 is 14.3 Å². The third-order valence-electron chi connectivity index (χ3n) is 5.52. The van der Waals surface area contributed by atoms with E-state index in [9.17, 15) is 4.79 Å². The minimum atomic E-state index is -0.0364. The number of hydrogen-bond donors (Lipinski definition) is 1. The number of carbonyl (C=O) groups is 1. The second-order valence-electron chi connectivity index (χ2n) is 7.30. The van der Waals surface area contributed by atoms with Gasteiger partial charge in [-0.2, -0.15) is 5.10 Å². The van der Waals surface area contributed by atoms with E-state index in [2.05, 4.69) is 40.2 Å². The summed E-state index contributed by atoms with van der Waals surface area (Å²) >= 11 is 0. The SMILES string of the molecule is COc1ccc(-c2cc(C(=O)N3CCN(c4ccccc4C)CC3)[nH]n2)c(OC)c1. The third-order valence-corrected chi connectivity index (χ3v) is 5.52. The predicted octanol–water partition coefficient (Wildman–Crippen LogP) is 3.36. The molecular formula is C23H26N4O3. The third kappa shape index (κ3) is 3.83. The zero-order chi connectivity index (χ0) is 21.1. The average molecular weight is 406 g/mol. The maximum absolute atomic E-state index is 13.0. The predicted molar refractivity (Wildman–Crippen MR) is 116 cm³/mol. The van der Waals surface area contributed by atoms with Crippen molar-refractivity contribution in [1.29, 1.82) is 0 Å². The first-order chi connectivity index (χ1) is 14.6. The summed E-state index contributed by atoms with van der Waals surface area (Å²) in [5, 5.41) is 7.23. The second-order valence-corrected chi connectivity index (χ2v) is 7.30. The van der Waals surface area contributed by atoms with E-state index < -0.39 is 0 Å². The van der Waals surface area contributed by atoms with Crippen molar-refractivity contribution in [2.45, 2.75) is 6.92 Å². The fourth-order valence-corrected chi connectivity index (χ4v) is 3.82. The highest BCUT2D eigenvalue weighted by Crippen LogP contribution is 2.32. The molecule has 1 amide bonds. The normalized spacial score (nSPS) is 14.0. The highest BCUT2D eigenvalue weighted by atomic mass is 16.5. The Kier molecular flexibility index (Phi) is 5.61. The number of piperazine rings is 1. The number of H-pyrrole nitrogens is 1. The number of carbonyl (C=O) groups excluding carboxylic acids is 1. The lowest BCUT2D eigenvalue weighted by Gasteiger charge is -2.36. The Bertz CT molecular complexity index is 1040. The maximum atomic E-state index is 13.0. The lowest BCUT2D eigenvalue weighted by molar-refractivity contribution is 0.0741. The molecule has 2 aromatic carbocycles. The molecule has 1 aromatic heterocycles. The van der Waals surface area contributed by atoms with Crippen molar-refractivity contribution in [1.82, 2.24) is 15.1 Å². The number of aryl methyl sites for hydroxylation is 1. The second kappa shape index (κ2) is 8.49. The standard InChI is InChI=1S/C23H26N4O3/c1-16-6-4-5-7-21(16)26-10-12-27(13-11-26)23(28)20-15-19(24-25-20)18-9-8-17(29-2)14-22(18)30-3/h4-9,14-15H,10-13H2,1-3H3,(H,24,25). The van der Waals surface area contributed by atoms with E-state index in [1.165, 1.54) is 11.3 Å². The number of anilines is 1. The van der Waals surface area contributed by atoms with Gasteiger partial charge in [0, 0.05) is 43.5 Å². The molecule has 0 bridgehead atoms. The Morgan fingerprint density at radius 3 is 2.47 bits per heavy atom. The fraction of sp³-hybridized carbons (Fsp3) is 0.304. The number of hydrogen-bond acceptors (Lipinski definition) is 5. The van der Waals surface area contributed by atoms with Crippen LogP contribution < -0.4 is 14.4 Å². The van der Waals surface area contributed by atoms with Gasteiger partial charge in [-0.25, -0.2) is 0 Å². The van der Waals surface area contributed by atoms with Gasteiger partial charge < -0.3 is 19.3 Å². The summed E-state index contributed by atoms with van der Waals surface area (Å²) in [6.07, 6.45) is 0. The molecule has 1 aliphatic rings. The summed E-state index contributed by atoms with van der Waals surface area (Å²) in [6, 6.07) is 15.7. The van der Waals surface area contributed by atoms with Crippen molar-refractivity contribution in [2.75, 3.05) is 45.3 Å². The molecule has 0 atom stereocenters. The van der Waals surface area contributed by atoms with E-state index in [0.29, 0.717) is 36.0 Å². The first-order valence-corrected chi connectivity index (χ1v) is 9.98. The van der Waals surface area contributed by atoms with Crippen LogP contribution in [0.2, 0.25) is 0 Å². The van der Waals surface area contributed by atoms with Crippen molar-refractivity contribution >= 4 is 11.6 Å². The molecule has 0 radical (unpaired) electrons. The van der Waals surface area contributed by atoms with Gasteiger partial charge in [-0.3, -0.25) is 9.89 Å². The Balaban J connectivity index is 1.46. The molecule has 1 saturated heterocycles. The van der Waals surface area contributed by atoms with Gasteiger partial charge in [0.15, 0.2) is 0 Å². The topological polar surface area (TPSA) is 70.7 Å². The van der Waals surface area contributed by atoms with Gasteiger partial charge in [-0.1, -0.05) is 18.2 Å². The van der Waals surface area contributed by atoms with Gasteiger partial charge in [0.2, 0.25) is 0 Å². The molecule has 3 aromatic rings.